The Hall–Kier alpha value is -5.51. The molecule has 0 saturated carbocycles. The molecule has 0 unspecified atom stereocenters. The number of rotatable bonds is 11. The lowest BCUT2D eigenvalue weighted by Crippen LogP contribution is -2.21. The van der Waals surface area contributed by atoms with Gasteiger partial charge in [-0.25, -0.2) is 9.37 Å². The molecule has 9 nitrogen and oxygen atoms in total. The number of methoxy groups -OCH3 is 1. The highest BCUT2D eigenvalue weighted by Crippen LogP contribution is 2.35. The van der Waals surface area contributed by atoms with Gasteiger partial charge in [0.15, 0.2) is 23.9 Å². The Morgan fingerprint density at radius 1 is 1.02 bits per heavy atom. The lowest BCUT2D eigenvalue weighted by atomic mass is 9.96. The number of ether oxygens (including phenoxy) is 3. The van der Waals surface area contributed by atoms with Crippen LogP contribution in [-0.4, -0.2) is 42.1 Å². The third kappa shape index (κ3) is 6.91. The quantitative estimate of drug-likeness (QED) is 0.160. The van der Waals surface area contributed by atoms with E-state index in [-0.39, 0.29) is 23.8 Å². The normalized spacial score (nSPS) is 11.3. The molecule has 0 atom stereocenters. The summed E-state index contributed by atoms with van der Waals surface area (Å²) in [5.41, 5.74) is 3.54. The fourth-order valence-electron chi connectivity index (χ4n) is 5.05. The molecule has 0 aliphatic carbocycles. The SMILES string of the molecule is CCOc1cc(C)c(-c2nc3ccccc3c(=O)n2N=Cc2cccc(OC)c2OCC(=O)Nc2cccc(F)c2)cc1C(C)C. The molecule has 236 valence electrons. The fourth-order valence-corrected chi connectivity index (χ4v) is 5.05. The van der Waals surface area contributed by atoms with Crippen molar-refractivity contribution in [2.24, 2.45) is 5.10 Å². The first-order valence-corrected chi connectivity index (χ1v) is 14.9. The number of hydrogen-bond donors (Lipinski definition) is 1. The molecule has 10 heteroatoms. The number of carbonyl (C=O) groups excluding carboxylic acids is 1. The number of para-hydroxylation sites is 2. The number of nitrogens with zero attached hydrogens (tertiary/aromatic N) is 3. The molecule has 1 amide bonds. The number of aryl methyl sites for hydroxylation is 1. The first kappa shape index (κ1) is 31.9. The molecule has 1 heterocycles. The highest BCUT2D eigenvalue weighted by molar-refractivity contribution is 5.92. The van der Waals surface area contributed by atoms with Gasteiger partial charge in [-0.3, -0.25) is 9.59 Å². The van der Waals surface area contributed by atoms with Crippen LogP contribution in [0.5, 0.6) is 17.2 Å². The van der Waals surface area contributed by atoms with Gasteiger partial charge in [0.25, 0.3) is 11.5 Å². The van der Waals surface area contributed by atoms with Crippen LogP contribution in [0.2, 0.25) is 0 Å². The van der Waals surface area contributed by atoms with E-state index in [0.717, 1.165) is 22.4 Å². The second kappa shape index (κ2) is 14.1. The van der Waals surface area contributed by atoms with Crippen LogP contribution in [0.3, 0.4) is 0 Å². The number of nitrogens with one attached hydrogen (secondary N) is 1. The summed E-state index contributed by atoms with van der Waals surface area (Å²) in [6, 6.07) is 21.8. The third-order valence-corrected chi connectivity index (χ3v) is 7.27. The molecule has 0 aliphatic heterocycles. The van der Waals surface area contributed by atoms with Gasteiger partial charge in [-0.15, -0.1) is 0 Å². The van der Waals surface area contributed by atoms with E-state index in [1.807, 2.05) is 32.0 Å². The van der Waals surface area contributed by atoms with Crippen molar-refractivity contribution in [1.29, 1.82) is 0 Å². The third-order valence-electron chi connectivity index (χ3n) is 7.27. The molecule has 0 radical (unpaired) electrons. The molecule has 0 saturated heterocycles. The molecular weight excluding hydrogens is 587 g/mol. The number of carbonyl (C=O) groups is 1. The zero-order chi connectivity index (χ0) is 32.8. The average molecular weight is 623 g/mol. The van der Waals surface area contributed by atoms with Gasteiger partial charge in [0.1, 0.15) is 11.6 Å². The number of fused-ring (bicyclic) bond motifs is 1. The molecule has 1 aromatic heterocycles. The van der Waals surface area contributed by atoms with Gasteiger partial charge in [-0.2, -0.15) is 9.78 Å². The lowest BCUT2D eigenvalue weighted by Gasteiger charge is -2.18. The Labute approximate surface area is 266 Å². The Morgan fingerprint density at radius 3 is 2.54 bits per heavy atom. The zero-order valence-electron chi connectivity index (χ0n) is 26.3. The standard InChI is InChI=1S/C36H35FN4O5/c1-6-45-32-17-23(4)29(19-28(32)22(2)3)35-40-30-15-8-7-14-27(30)36(43)41(35)38-20-24-11-9-16-31(44-5)34(24)46-21-33(42)39-26-13-10-12-25(37)18-26/h7-20,22H,6,21H2,1-5H3,(H,39,42). The summed E-state index contributed by atoms with van der Waals surface area (Å²) in [4.78, 5) is 31.4. The molecule has 5 rings (SSSR count). The Morgan fingerprint density at radius 2 is 1.80 bits per heavy atom. The highest BCUT2D eigenvalue weighted by Gasteiger charge is 2.19. The molecule has 0 aliphatic rings. The predicted octanol–water partition coefficient (Wildman–Crippen LogP) is 6.94. The van der Waals surface area contributed by atoms with E-state index >= 15 is 0 Å². The number of aromatic nitrogens is 2. The van der Waals surface area contributed by atoms with Gasteiger partial charge >= 0.3 is 0 Å². The molecular formula is C36H35FN4O5. The van der Waals surface area contributed by atoms with Crippen molar-refractivity contribution in [2.45, 2.75) is 33.6 Å². The van der Waals surface area contributed by atoms with Crippen LogP contribution in [0.15, 0.2) is 88.8 Å². The largest absolute Gasteiger partial charge is 0.494 e. The van der Waals surface area contributed by atoms with Crippen molar-refractivity contribution in [3.63, 3.8) is 0 Å². The van der Waals surface area contributed by atoms with E-state index < -0.39 is 11.7 Å². The molecule has 0 bridgehead atoms. The predicted molar refractivity (Wildman–Crippen MR) is 178 cm³/mol. The number of amides is 1. The van der Waals surface area contributed by atoms with Crippen molar-refractivity contribution < 1.29 is 23.4 Å². The number of benzene rings is 4. The van der Waals surface area contributed by atoms with Gasteiger partial charge in [-0.05, 0) is 85.5 Å². The minimum absolute atomic E-state index is 0.152. The Balaban J connectivity index is 1.57. The summed E-state index contributed by atoms with van der Waals surface area (Å²) in [6.45, 7) is 8.19. The minimum Gasteiger partial charge on any atom is -0.494 e. The van der Waals surface area contributed by atoms with Gasteiger partial charge < -0.3 is 19.5 Å². The van der Waals surface area contributed by atoms with E-state index in [9.17, 15) is 14.0 Å². The second-order valence-electron chi connectivity index (χ2n) is 10.8. The molecule has 0 fully saturated rings. The van der Waals surface area contributed by atoms with Crippen LogP contribution in [0, 0.1) is 12.7 Å². The summed E-state index contributed by atoms with van der Waals surface area (Å²) >= 11 is 0. The molecule has 46 heavy (non-hydrogen) atoms. The number of anilines is 1. The smallest absolute Gasteiger partial charge is 0.282 e. The van der Waals surface area contributed by atoms with Crippen molar-refractivity contribution in [2.75, 3.05) is 25.6 Å². The zero-order valence-corrected chi connectivity index (χ0v) is 26.3. The van der Waals surface area contributed by atoms with E-state index in [1.165, 1.54) is 36.2 Å². The fraction of sp³-hybridized carbons (Fsp3) is 0.222. The molecule has 0 spiro atoms. The lowest BCUT2D eigenvalue weighted by molar-refractivity contribution is -0.118. The van der Waals surface area contributed by atoms with Crippen LogP contribution in [-0.2, 0) is 4.79 Å². The highest BCUT2D eigenvalue weighted by atomic mass is 19.1. The van der Waals surface area contributed by atoms with E-state index in [4.69, 9.17) is 19.2 Å². The maximum absolute atomic E-state index is 13.9. The first-order valence-electron chi connectivity index (χ1n) is 14.9. The van der Waals surface area contributed by atoms with Crippen molar-refractivity contribution in [1.82, 2.24) is 9.66 Å². The molecule has 5 aromatic rings. The first-order chi connectivity index (χ1) is 22.2. The van der Waals surface area contributed by atoms with Crippen LogP contribution < -0.4 is 25.1 Å². The summed E-state index contributed by atoms with van der Waals surface area (Å²) in [6.07, 6.45) is 1.47. The Kier molecular flexibility index (Phi) is 9.76. The summed E-state index contributed by atoms with van der Waals surface area (Å²) in [5, 5.41) is 7.64. The molecule has 4 aromatic carbocycles. The van der Waals surface area contributed by atoms with Gasteiger partial charge in [0, 0.05) is 16.8 Å². The summed E-state index contributed by atoms with van der Waals surface area (Å²) in [5.74, 6) is 0.934. The minimum atomic E-state index is -0.497. The van der Waals surface area contributed by atoms with Gasteiger partial charge in [-0.1, -0.05) is 38.1 Å². The van der Waals surface area contributed by atoms with E-state index in [1.54, 1.807) is 42.5 Å². The van der Waals surface area contributed by atoms with Crippen molar-refractivity contribution in [3.8, 4) is 28.6 Å². The maximum atomic E-state index is 13.9. The van der Waals surface area contributed by atoms with Gasteiger partial charge in [0.05, 0.1) is 30.8 Å². The van der Waals surface area contributed by atoms with Crippen LogP contribution in [0.1, 0.15) is 43.4 Å². The monoisotopic (exact) mass is 622 g/mol. The van der Waals surface area contributed by atoms with E-state index in [0.29, 0.717) is 40.3 Å². The van der Waals surface area contributed by atoms with Crippen LogP contribution in [0.25, 0.3) is 22.3 Å². The average Bonchev–Trinajstić information content (AvgIpc) is 3.03. The topological polar surface area (TPSA) is 104 Å². The summed E-state index contributed by atoms with van der Waals surface area (Å²) < 4.78 is 32.2. The molecule has 1 N–H and O–H groups in total. The second-order valence-corrected chi connectivity index (χ2v) is 10.8. The number of halogens is 1. The maximum Gasteiger partial charge on any atom is 0.282 e. The number of hydrogen-bond acceptors (Lipinski definition) is 7. The van der Waals surface area contributed by atoms with Crippen molar-refractivity contribution >= 4 is 28.7 Å². The summed E-state index contributed by atoms with van der Waals surface area (Å²) in [7, 11) is 1.48. The Bertz CT molecular complexity index is 1990. The van der Waals surface area contributed by atoms with E-state index in [2.05, 4.69) is 24.3 Å². The van der Waals surface area contributed by atoms with Crippen LogP contribution in [0.4, 0.5) is 10.1 Å². The van der Waals surface area contributed by atoms with Gasteiger partial charge in [0.2, 0.25) is 0 Å². The van der Waals surface area contributed by atoms with Crippen LogP contribution >= 0.6 is 0 Å². The van der Waals surface area contributed by atoms with Crippen molar-refractivity contribution in [3.05, 3.63) is 112 Å².